The Kier molecular flexibility index (Phi) is 6.19. The third-order valence-corrected chi connectivity index (χ3v) is 4.91. The van der Waals surface area contributed by atoms with Crippen LogP contribution in [0.1, 0.15) is 18.2 Å². The van der Waals surface area contributed by atoms with E-state index in [4.69, 9.17) is 17.3 Å². The maximum absolute atomic E-state index is 5.89. The standard InChI is InChI=1S/C18H20ClN5S/c19-14-7-9-15(10-8-14)25-12-4-11-21-18-23-16(22-17(20)24-18)13-5-2-1-3-6-13/h1-3,5-10,16H,4,11-12H2,(H4,20,21,22,23,24). The Balaban J connectivity index is 1.48. The Morgan fingerprint density at radius 3 is 2.64 bits per heavy atom. The molecule has 2 aromatic rings. The molecule has 1 heterocycles. The molecule has 0 spiro atoms. The summed E-state index contributed by atoms with van der Waals surface area (Å²) in [5.74, 6) is 2.03. The van der Waals surface area contributed by atoms with Crippen LogP contribution >= 0.6 is 23.4 Å². The third kappa shape index (κ3) is 5.41. The molecule has 0 bridgehead atoms. The zero-order valence-electron chi connectivity index (χ0n) is 13.7. The van der Waals surface area contributed by atoms with Crippen molar-refractivity contribution in [2.45, 2.75) is 17.5 Å². The van der Waals surface area contributed by atoms with Crippen molar-refractivity contribution in [3.8, 4) is 0 Å². The Morgan fingerprint density at radius 1 is 1.12 bits per heavy atom. The van der Waals surface area contributed by atoms with Crippen LogP contribution in [0.4, 0.5) is 0 Å². The SMILES string of the molecule is NC1=NC(c2ccccc2)NC(=NCCCSc2ccc(Cl)cc2)N1. The molecule has 7 heteroatoms. The molecule has 1 atom stereocenters. The predicted octanol–water partition coefficient (Wildman–Crippen LogP) is 3.38. The van der Waals surface area contributed by atoms with E-state index in [2.05, 4.69) is 20.6 Å². The first kappa shape index (κ1) is 17.6. The number of hydrogen-bond donors (Lipinski definition) is 3. The number of halogens is 1. The van der Waals surface area contributed by atoms with E-state index < -0.39 is 0 Å². The van der Waals surface area contributed by atoms with E-state index in [1.54, 1.807) is 11.8 Å². The van der Waals surface area contributed by atoms with E-state index in [9.17, 15) is 0 Å². The van der Waals surface area contributed by atoms with Crippen LogP contribution in [0.25, 0.3) is 0 Å². The zero-order chi connectivity index (χ0) is 17.5. The van der Waals surface area contributed by atoms with Crippen LogP contribution in [-0.2, 0) is 0 Å². The van der Waals surface area contributed by atoms with Gasteiger partial charge in [0.15, 0.2) is 18.1 Å². The average Bonchev–Trinajstić information content (AvgIpc) is 2.63. The van der Waals surface area contributed by atoms with E-state index in [0.29, 0.717) is 18.5 Å². The molecule has 0 aromatic heterocycles. The van der Waals surface area contributed by atoms with E-state index in [-0.39, 0.29) is 6.17 Å². The van der Waals surface area contributed by atoms with Gasteiger partial charge < -0.3 is 11.1 Å². The summed E-state index contributed by atoms with van der Waals surface area (Å²) in [7, 11) is 0. The Morgan fingerprint density at radius 2 is 1.88 bits per heavy atom. The fourth-order valence-electron chi connectivity index (χ4n) is 2.35. The second kappa shape index (κ2) is 8.78. The molecule has 130 valence electrons. The molecule has 0 fully saturated rings. The number of nitrogens with zero attached hydrogens (tertiary/aromatic N) is 2. The van der Waals surface area contributed by atoms with Crippen molar-refractivity contribution in [3.63, 3.8) is 0 Å². The minimum absolute atomic E-state index is 0.204. The van der Waals surface area contributed by atoms with Crippen molar-refractivity contribution >= 4 is 35.3 Å². The fraction of sp³-hybridized carbons (Fsp3) is 0.222. The molecule has 0 saturated carbocycles. The third-order valence-electron chi connectivity index (χ3n) is 3.56. The van der Waals surface area contributed by atoms with Crippen molar-refractivity contribution in [2.24, 2.45) is 15.7 Å². The highest BCUT2D eigenvalue weighted by Crippen LogP contribution is 2.21. The molecular weight excluding hydrogens is 354 g/mol. The van der Waals surface area contributed by atoms with Gasteiger partial charge in [0.2, 0.25) is 0 Å². The minimum atomic E-state index is -0.204. The lowest BCUT2D eigenvalue weighted by atomic mass is 10.2. The molecule has 4 N–H and O–H groups in total. The van der Waals surface area contributed by atoms with Gasteiger partial charge in [-0.05, 0) is 42.0 Å². The van der Waals surface area contributed by atoms with Gasteiger partial charge in [-0.25, -0.2) is 4.99 Å². The fourth-order valence-corrected chi connectivity index (χ4v) is 3.31. The number of hydrogen-bond acceptors (Lipinski definition) is 4. The van der Waals surface area contributed by atoms with Crippen LogP contribution in [0.5, 0.6) is 0 Å². The zero-order valence-corrected chi connectivity index (χ0v) is 15.2. The van der Waals surface area contributed by atoms with Gasteiger partial charge >= 0.3 is 0 Å². The minimum Gasteiger partial charge on any atom is -0.370 e. The Bertz CT molecular complexity index is 746. The van der Waals surface area contributed by atoms with Crippen molar-refractivity contribution < 1.29 is 0 Å². The van der Waals surface area contributed by atoms with E-state index in [1.165, 1.54) is 4.90 Å². The van der Waals surface area contributed by atoms with Crippen LogP contribution in [0.2, 0.25) is 5.02 Å². The van der Waals surface area contributed by atoms with Crippen LogP contribution in [0, 0.1) is 0 Å². The van der Waals surface area contributed by atoms with Gasteiger partial charge in [0, 0.05) is 16.5 Å². The highest BCUT2D eigenvalue weighted by atomic mass is 35.5. The van der Waals surface area contributed by atoms with Crippen molar-refractivity contribution in [3.05, 3.63) is 65.2 Å². The Labute approximate surface area is 156 Å². The summed E-state index contributed by atoms with van der Waals surface area (Å²) in [6.45, 7) is 0.713. The Hall–Kier alpha value is -2.18. The number of thioether (sulfide) groups is 1. The van der Waals surface area contributed by atoms with Crippen LogP contribution < -0.4 is 16.4 Å². The molecule has 1 aliphatic heterocycles. The summed E-state index contributed by atoms with van der Waals surface area (Å²) >= 11 is 7.69. The number of nitrogens with one attached hydrogen (secondary N) is 2. The van der Waals surface area contributed by atoms with Gasteiger partial charge in [0.1, 0.15) is 0 Å². The molecule has 0 amide bonds. The lowest BCUT2D eigenvalue weighted by Gasteiger charge is -2.24. The first-order chi connectivity index (χ1) is 12.2. The number of aliphatic imine (C=N–C) groups is 2. The highest BCUT2D eigenvalue weighted by Gasteiger charge is 2.17. The predicted molar refractivity (Wildman–Crippen MR) is 106 cm³/mol. The number of rotatable bonds is 6. The quantitative estimate of drug-likeness (QED) is 0.536. The summed E-state index contributed by atoms with van der Waals surface area (Å²) in [4.78, 5) is 10.1. The van der Waals surface area contributed by atoms with Crippen LogP contribution in [-0.4, -0.2) is 24.2 Å². The number of nitrogens with two attached hydrogens (primary N) is 1. The second-order valence-electron chi connectivity index (χ2n) is 5.48. The van der Waals surface area contributed by atoms with Gasteiger partial charge in [0.25, 0.3) is 0 Å². The van der Waals surface area contributed by atoms with E-state index >= 15 is 0 Å². The summed E-state index contributed by atoms with van der Waals surface area (Å²) in [6.07, 6.45) is 0.761. The molecule has 2 aromatic carbocycles. The largest absolute Gasteiger partial charge is 0.370 e. The highest BCUT2D eigenvalue weighted by molar-refractivity contribution is 7.99. The molecule has 0 aliphatic carbocycles. The molecule has 3 rings (SSSR count). The van der Waals surface area contributed by atoms with E-state index in [1.807, 2.05) is 54.6 Å². The summed E-state index contributed by atoms with van der Waals surface area (Å²) in [5.41, 5.74) is 6.93. The summed E-state index contributed by atoms with van der Waals surface area (Å²) < 4.78 is 0. The van der Waals surface area contributed by atoms with E-state index in [0.717, 1.165) is 22.8 Å². The maximum atomic E-state index is 5.89. The first-order valence-corrected chi connectivity index (χ1v) is 9.42. The van der Waals surface area contributed by atoms with Gasteiger partial charge in [0.05, 0.1) is 0 Å². The van der Waals surface area contributed by atoms with Crippen molar-refractivity contribution in [1.82, 2.24) is 10.6 Å². The van der Waals surface area contributed by atoms with Crippen molar-refractivity contribution in [2.75, 3.05) is 12.3 Å². The summed E-state index contributed by atoms with van der Waals surface area (Å²) in [6, 6.07) is 17.9. The van der Waals surface area contributed by atoms with Crippen LogP contribution in [0.15, 0.2) is 69.5 Å². The van der Waals surface area contributed by atoms with Gasteiger partial charge in [-0.1, -0.05) is 41.9 Å². The van der Waals surface area contributed by atoms with Gasteiger partial charge in [-0.2, -0.15) is 0 Å². The smallest absolute Gasteiger partial charge is 0.200 e. The molecule has 0 radical (unpaired) electrons. The molecule has 0 saturated heterocycles. The molecule has 1 unspecified atom stereocenters. The van der Waals surface area contributed by atoms with Gasteiger partial charge in [-0.15, -0.1) is 11.8 Å². The van der Waals surface area contributed by atoms with Gasteiger partial charge in [-0.3, -0.25) is 10.3 Å². The number of benzene rings is 2. The normalized spacial score (nSPS) is 18.4. The summed E-state index contributed by atoms with van der Waals surface area (Å²) in [5, 5.41) is 7.00. The molecule has 25 heavy (non-hydrogen) atoms. The first-order valence-electron chi connectivity index (χ1n) is 8.05. The molecule has 5 nitrogen and oxygen atoms in total. The lowest BCUT2D eigenvalue weighted by Crippen LogP contribution is -2.50. The monoisotopic (exact) mass is 373 g/mol. The topological polar surface area (TPSA) is 74.8 Å². The lowest BCUT2D eigenvalue weighted by molar-refractivity contribution is 0.647. The maximum Gasteiger partial charge on any atom is 0.200 e. The molecule has 1 aliphatic rings. The number of guanidine groups is 2. The average molecular weight is 374 g/mol. The van der Waals surface area contributed by atoms with Crippen LogP contribution in [0.3, 0.4) is 0 Å². The van der Waals surface area contributed by atoms with Crippen molar-refractivity contribution in [1.29, 1.82) is 0 Å². The molecular formula is C18H20ClN5S. The second-order valence-corrected chi connectivity index (χ2v) is 7.09.